The number of aromatic nitrogens is 2. The van der Waals surface area contributed by atoms with Crippen molar-refractivity contribution in [2.24, 2.45) is 0 Å². The lowest BCUT2D eigenvalue weighted by Gasteiger charge is -2.02. The van der Waals surface area contributed by atoms with Crippen LogP contribution in [0.2, 0.25) is 0 Å². The van der Waals surface area contributed by atoms with Crippen LogP contribution >= 0.6 is 11.8 Å². The number of nitrogens with one attached hydrogen (secondary N) is 1. The average molecular weight is 234 g/mol. The highest BCUT2D eigenvalue weighted by Crippen LogP contribution is 2.26. The summed E-state index contributed by atoms with van der Waals surface area (Å²) in [5.74, 6) is 1.21. The first kappa shape index (κ1) is 11.1. The Morgan fingerprint density at radius 3 is 2.50 bits per heavy atom. The van der Waals surface area contributed by atoms with Crippen molar-refractivity contribution < 1.29 is 5.11 Å². The van der Waals surface area contributed by atoms with Crippen molar-refractivity contribution in [2.45, 2.75) is 24.5 Å². The van der Waals surface area contributed by atoms with Crippen LogP contribution in [-0.4, -0.2) is 15.3 Å². The SMILES string of the molecule is Cc1n[nH]c(C)c1CSc1ccc(O)cc1. The number of H-pyrrole nitrogens is 1. The fourth-order valence-electron chi connectivity index (χ4n) is 1.48. The van der Waals surface area contributed by atoms with Crippen molar-refractivity contribution in [3.8, 4) is 5.75 Å². The van der Waals surface area contributed by atoms with Crippen molar-refractivity contribution >= 4 is 11.8 Å². The summed E-state index contributed by atoms with van der Waals surface area (Å²) < 4.78 is 0. The Bertz CT molecular complexity index is 457. The molecule has 0 saturated heterocycles. The predicted molar refractivity (Wildman–Crippen MR) is 65.7 cm³/mol. The summed E-state index contributed by atoms with van der Waals surface area (Å²) in [6.07, 6.45) is 0. The van der Waals surface area contributed by atoms with Gasteiger partial charge >= 0.3 is 0 Å². The van der Waals surface area contributed by atoms with Gasteiger partial charge in [-0.2, -0.15) is 5.10 Å². The molecule has 2 N–H and O–H groups in total. The van der Waals surface area contributed by atoms with Crippen LogP contribution in [0.4, 0.5) is 0 Å². The topological polar surface area (TPSA) is 48.9 Å². The van der Waals surface area contributed by atoms with Crippen molar-refractivity contribution in [1.29, 1.82) is 0 Å². The lowest BCUT2D eigenvalue weighted by molar-refractivity contribution is 0.475. The first-order chi connectivity index (χ1) is 7.66. The number of thioether (sulfide) groups is 1. The summed E-state index contributed by atoms with van der Waals surface area (Å²) in [6, 6.07) is 7.25. The second kappa shape index (κ2) is 4.61. The van der Waals surface area contributed by atoms with Gasteiger partial charge in [0.05, 0.1) is 5.69 Å². The third-order valence-electron chi connectivity index (χ3n) is 2.50. The Hall–Kier alpha value is -1.42. The maximum atomic E-state index is 9.17. The number of nitrogens with zero attached hydrogens (tertiary/aromatic N) is 1. The van der Waals surface area contributed by atoms with Gasteiger partial charge in [0.25, 0.3) is 0 Å². The molecular weight excluding hydrogens is 220 g/mol. The van der Waals surface area contributed by atoms with Gasteiger partial charge in [-0.25, -0.2) is 0 Å². The van der Waals surface area contributed by atoms with Crippen LogP contribution in [0.3, 0.4) is 0 Å². The summed E-state index contributed by atoms with van der Waals surface area (Å²) in [5.41, 5.74) is 3.45. The van der Waals surface area contributed by atoms with Gasteiger partial charge in [0, 0.05) is 21.9 Å². The molecule has 0 amide bonds. The average Bonchev–Trinajstić information content (AvgIpc) is 2.59. The molecule has 2 rings (SSSR count). The number of aromatic hydroxyl groups is 1. The monoisotopic (exact) mass is 234 g/mol. The Morgan fingerprint density at radius 1 is 1.25 bits per heavy atom. The molecule has 1 aromatic carbocycles. The van der Waals surface area contributed by atoms with Gasteiger partial charge in [0.15, 0.2) is 0 Å². The molecule has 1 heterocycles. The lowest BCUT2D eigenvalue weighted by Crippen LogP contribution is -1.85. The summed E-state index contributed by atoms with van der Waals surface area (Å²) in [7, 11) is 0. The Kier molecular flexibility index (Phi) is 3.19. The van der Waals surface area contributed by atoms with Gasteiger partial charge in [-0.05, 0) is 38.1 Å². The van der Waals surface area contributed by atoms with Crippen LogP contribution in [0.15, 0.2) is 29.2 Å². The normalized spacial score (nSPS) is 10.6. The first-order valence-corrected chi connectivity index (χ1v) is 6.07. The number of aryl methyl sites for hydroxylation is 2. The van der Waals surface area contributed by atoms with Crippen LogP contribution in [0.1, 0.15) is 17.0 Å². The summed E-state index contributed by atoms with van der Waals surface area (Å²) in [5, 5.41) is 16.3. The minimum absolute atomic E-state index is 0.306. The van der Waals surface area contributed by atoms with Crippen LogP contribution in [-0.2, 0) is 5.75 Å². The molecule has 3 nitrogen and oxygen atoms in total. The Labute approximate surface area is 98.9 Å². The van der Waals surface area contributed by atoms with E-state index in [-0.39, 0.29) is 0 Å². The second-order valence-electron chi connectivity index (χ2n) is 3.70. The molecule has 0 aliphatic carbocycles. The van der Waals surface area contributed by atoms with E-state index in [4.69, 9.17) is 0 Å². The Morgan fingerprint density at radius 2 is 1.94 bits per heavy atom. The van der Waals surface area contributed by atoms with E-state index in [9.17, 15) is 5.11 Å². The van der Waals surface area contributed by atoms with Crippen molar-refractivity contribution in [3.05, 3.63) is 41.2 Å². The van der Waals surface area contributed by atoms with Gasteiger partial charge in [0.1, 0.15) is 5.75 Å². The molecule has 0 aliphatic heterocycles. The van der Waals surface area contributed by atoms with Crippen molar-refractivity contribution in [1.82, 2.24) is 10.2 Å². The van der Waals surface area contributed by atoms with Crippen LogP contribution in [0.25, 0.3) is 0 Å². The molecule has 84 valence electrons. The third kappa shape index (κ3) is 2.39. The highest BCUT2D eigenvalue weighted by molar-refractivity contribution is 7.98. The molecule has 2 aromatic rings. The van der Waals surface area contributed by atoms with Gasteiger partial charge in [0.2, 0.25) is 0 Å². The number of aromatic amines is 1. The molecule has 0 saturated carbocycles. The number of benzene rings is 1. The van der Waals surface area contributed by atoms with E-state index in [0.29, 0.717) is 5.75 Å². The van der Waals surface area contributed by atoms with Crippen LogP contribution < -0.4 is 0 Å². The molecule has 0 unspecified atom stereocenters. The zero-order valence-corrected chi connectivity index (χ0v) is 10.1. The highest BCUT2D eigenvalue weighted by Gasteiger charge is 2.06. The predicted octanol–water partition coefficient (Wildman–Crippen LogP) is 3.02. The first-order valence-electron chi connectivity index (χ1n) is 5.09. The molecule has 0 atom stereocenters. The van der Waals surface area contributed by atoms with Gasteiger partial charge in [-0.3, -0.25) is 5.10 Å². The number of phenolic OH excluding ortho intramolecular Hbond substituents is 1. The standard InChI is InChI=1S/C12H14N2OS/c1-8-12(9(2)14-13-8)7-16-11-5-3-10(15)4-6-11/h3-6,15H,7H2,1-2H3,(H,13,14). The molecule has 0 radical (unpaired) electrons. The summed E-state index contributed by atoms with van der Waals surface area (Å²) in [4.78, 5) is 1.15. The summed E-state index contributed by atoms with van der Waals surface area (Å²) in [6.45, 7) is 4.04. The molecular formula is C12H14N2OS. The zero-order chi connectivity index (χ0) is 11.5. The molecule has 0 spiro atoms. The number of phenols is 1. The highest BCUT2D eigenvalue weighted by atomic mass is 32.2. The second-order valence-corrected chi connectivity index (χ2v) is 4.74. The molecule has 1 aromatic heterocycles. The number of hydrogen-bond donors (Lipinski definition) is 2. The molecule has 0 aliphatic rings. The quantitative estimate of drug-likeness (QED) is 0.802. The minimum Gasteiger partial charge on any atom is -0.508 e. The zero-order valence-electron chi connectivity index (χ0n) is 9.32. The van der Waals surface area contributed by atoms with E-state index in [1.165, 1.54) is 5.56 Å². The molecule has 0 fully saturated rings. The molecule has 4 heteroatoms. The third-order valence-corrected chi connectivity index (χ3v) is 3.54. The van der Waals surface area contributed by atoms with E-state index in [1.54, 1.807) is 23.9 Å². The van der Waals surface area contributed by atoms with E-state index < -0.39 is 0 Å². The molecule has 0 bridgehead atoms. The largest absolute Gasteiger partial charge is 0.508 e. The maximum Gasteiger partial charge on any atom is 0.115 e. The lowest BCUT2D eigenvalue weighted by atomic mass is 10.2. The van der Waals surface area contributed by atoms with Gasteiger partial charge in [-0.1, -0.05) is 0 Å². The molecule has 16 heavy (non-hydrogen) atoms. The van der Waals surface area contributed by atoms with Crippen LogP contribution in [0, 0.1) is 13.8 Å². The number of rotatable bonds is 3. The van der Waals surface area contributed by atoms with E-state index in [0.717, 1.165) is 22.0 Å². The van der Waals surface area contributed by atoms with E-state index in [1.807, 2.05) is 26.0 Å². The fraction of sp³-hybridized carbons (Fsp3) is 0.250. The van der Waals surface area contributed by atoms with E-state index in [2.05, 4.69) is 10.2 Å². The number of hydrogen-bond acceptors (Lipinski definition) is 3. The summed E-state index contributed by atoms with van der Waals surface area (Å²) >= 11 is 1.74. The van der Waals surface area contributed by atoms with Crippen molar-refractivity contribution in [3.63, 3.8) is 0 Å². The fourth-order valence-corrected chi connectivity index (χ4v) is 2.55. The van der Waals surface area contributed by atoms with Crippen LogP contribution in [0.5, 0.6) is 5.75 Å². The van der Waals surface area contributed by atoms with Gasteiger partial charge in [-0.15, -0.1) is 11.8 Å². The Balaban J connectivity index is 2.05. The maximum absolute atomic E-state index is 9.17. The van der Waals surface area contributed by atoms with Crippen molar-refractivity contribution in [2.75, 3.05) is 0 Å². The minimum atomic E-state index is 0.306. The smallest absolute Gasteiger partial charge is 0.115 e. The van der Waals surface area contributed by atoms with E-state index >= 15 is 0 Å². The van der Waals surface area contributed by atoms with Gasteiger partial charge < -0.3 is 5.11 Å².